The van der Waals surface area contributed by atoms with Gasteiger partial charge < -0.3 is 19.7 Å². The van der Waals surface area contributed by atoms with Crippen LogP contribution in [0, 0.1) is 0 Å². The average Bonchev–Trinajstić information content (AvgIpc) is 2.67. The van der Waals surface area contributed by atoms with Crippen molar-refractivity contribution in [1.82, 2.24) is 4.98 Å². The van der Waals surface area contributed by atoms with Gasteiger partial charge in [0.1, 0.15) is 5.56 Å². The molecule has 0 radical (unpaired) electrons. The van der Waals surface area contributed by atoms with Crippen LogP contribution in [0.1, 0.15) is 10.4 Å². The van der Waals surface area contributed by atoms with Crippen molar-refractivity contribution in [1.29, 1.82) is 0 Å². The fourth-order valence-electron chi connectivity index (χ4n) is 2.60. The highest BCUT2D eigenvalue weighted by atomic mass is 19.4. The third-order valence-electron chi connectivity index (χ3n) is 3.89. The Balaban J connectivity index is 1.66. The summed E-state index contributed by atoms with van der Waals surface area (Å²) in [6.07, 6.45) is -3.25. The molecule has 2 heterocycles. The molecule has 1 saturated heterocycles. The smallest absolute Gasteiger partial charge is 0.422 e. The van der Waals surface area contributed by atoms with E-state index in [1.54, 1.807) is 12.1 Å². The van der Waals surface area contributed by atoms with E-state index in [2.05, 4.69) is 19.9 Å². The van der Waals surface area contributed by atoms with Crippen LogP contribution in [0.3, 0.4) is 0 Å². The second kappa shape index (κ2) is 8.26. The lowest BCUT2D eigenvalue weighted by atomic mass is 10.2. The highest BCUT2D eigenvalue weighted by Gasteiger charge is 2.29. The lowest BCUT2D eigenvalue weighted by Crippen LogP contribution is -2.36. The maximum absolute atomic E-state index is 12.4. The largest absolute Gasteiger partial charge is 0.467 e. The van der Waals surface area contributed by atoms with Gasteiger partial charge in [0, 0.05) is 30.7 Å². The Morgan fingerprint density at radius 2 is 1.89 bits per heavy atom. The topological polar surface area (TPSA) is 63.7 Å². The first kappa shape index (κ1) is 19.0. The number of rotatable bonds is 5. The number of hydrogen-bond acceptors (Lipinski definition) is 5. The zero-order valence-electron chi connectivity index (χ0n) is 14.3. The second-order valence-corrected chi connectivity index (χ2v) is 5.86. The number of amides is 1. The van der Waals surface area contributed by atoms with E-state index in [0.29, 0.717) is 18.9 Å². The predicted octanol–water partition coefficient (Wildman–Crippen LogP) is 3.11. The number of aromatic nitrogens is 1. The lowest BCUT2D eigenvalue weighted by molar-refractivity contribution is -0.154. The zero-order chi connectivity index (χ0) is 19.3. The molecule has 1 N–H and O–H groups in total. The molecule has 1 aromatic heterocycles. The highest BCUT2D eigenvalue weighted by Crippen LogP contribution is 2.22. The molecule has 0 unspecified atom stereocenters. The summed E-state index contributed by atoms with van der Waals surface area (Å²) in [5, 5.41) is 2.64. The summed E-state index contributed by atoms with van der Waals surface area (Å²) >= 11 is 0. The molecule has 6 nitrogen and oxygen atoms in total. The molecule has 0 bridgehead atoms. The number of nitrogens with one attached hydrogen (secondary N) is 1. The quantitative estimate of drug-likeness (QED) is 0.862. The van der Waals surface area contributed by atoms with Gasteiger partial charge in [-0.25, -0.2) is 4.98 Å². The molecule has 1 aliphatic rings. The first-order chi connectivity index (χ1) is 12.9. The van der Waals surface area contributed by atoms with Crippen LogP contribution in [-0.4, -0.2) is 50.0 Å². The second-order valence-electron chi connectivity index (χ2n) is 5.86. The minimum absolute atomic E-state index is 0.0704. The SMILES string of the molecule is O=C(Nc1ccc(N2CCOCC2)cc1)c1cccnc1OCC(F)(F)F. The molecule has 9 heteroatoms. The third kappa shape index (κ3) is 5.33. The fraction of sp³-hybridized carbons (Fsp3) is 0.333. The fourth-order valence-corrected chi connectivity index (χ4v) is 2.60. The highest BCUT2D eigenvalue weighted by molar-refractivity contribution is 6.05. The summed E-state index contributed by atoms with van der Waals surface area (Å²) in [5.41, 5.74) is 1.45. The van der Waals surface area contributed by atoms with E-state index in [1.165, 1.54) is 18.3 Å². The van der Waals surface area contributed by atoms with Crippen molar-refractivity contribution in [2.75, 3.05) is 43.1 Å². The van der Waals surface area contributed by atoms with Gasteiger partial charge in [-0.05, 0) is 36.4 Å². The molecule has 0 spiro atoms. The Bertz CT molecular complexity index is 775. The van der Waals surface area contributed by atoms with Crippen molar-refractivity contribution in [3.05, 3.63) is 48.2 Å². The molecule has 3 rings (SSSR count). The summed E-state index contributed by atoms with van der Waals surface area (Å²) in [6.45, 7) is 1.40. The molecule has 27 heavy (non-hydrogen) atoms. The molecule has 1 aliphatic heterocycles. The monoisotopic (exact) mass is 381 g/mol. The van der Waals surface area contributed by atoms with Gasteiger partial charge in [-0.2, -0.15) is 13.2 Å². The summed E-state index contributed by atoms with van der Waals surface area (Å²) < 4.78 is 47.0. The van der Waals surface area contributed by atoms with Gasteiger partial charge in [-0.3, -0.25) is 4.79 Å². The van der Waals surface area contributed by atoms with Crippen molar-refractivity contribution in [2.45, 2.75) is 6.18 Å². The number of carbonyl (C=O) groups excluding carboxylic acids is 1. The molecule has 1 amide bonds. The normalized spacial score (nSPS) is 14.7. The molecule has 0 saturated carbocycles. The number of hydrogen-bond donors (Lipinski definition) is 1. The predicted molar refractivity (Wildman–Crippen MR) is 93.2 cm³/mol. The molecular formula is C18H18F3N3O3. The molecule has 1 fully saturated rings. The van der Waals surface area contributed by atoms with Gasteiger partial charge in [-0.1, -0.05) is 0 Å². The van der Waals surface area contributed by atoms with E-state index >= 15 is 0 Å². The number of nitrogens with zero attached hydrogens (tertiary/aromatic N) is 2. The zero-order valence-corrected chi connectivity index (χ0v) is 14.3. The Kier molecular flexibility index (Phi) is 5.80. The van der Waals surface area contributed by atoms with Crippen LogP contribution >= 0.6 is 0 Å². The Morgan fingerprint density at radius 1 is 1.19 bits per heavy atom. The first-order valence-electron chi connectivity index (χ1n) is 8.31. The van der Waals surface area contributed by atoms with Crippen LogP contribution in [0.15, 0.2) is 42.6 Å². The van der Waals surface area contributed by atoms with E-state index in [-0.39, 0.29) is 11.4 Å². The van der Waals surface area contributed by atoms with Crippen molar-refractivity contribution in [2.24, 2.45) is 0 Å². The van der Waals surface area contributed by atoms with Gasteiger partial charge in [0.25, 0.3) is 5.91 Å². The number of halogens is 3. The molecular weight excluding hydrogens is 363 g/mol. The van der Waals surface area contributed by atoms with Gasteiger partial charge in [0.05, 0.1) is 13.2 Å². The number of carbonyl (C=O) groups is 1. The van der Waals surface area contributed by atoms with E-state index < -0.39 is 18.7 Å². The van der Waals surface area contributed by atoms with E-state index in [9.17, 15) is 18.0 Å². The van der Waals surface area contributed by atoms with Crippen molar-refractivity contribution < 1.29 is 27.4 Å². The molecule has 2 aromatic rings. The summed E-state index contributed by atoms with van der Waals surface area (Å²) in [7, 11) is 0. The Morgan fingerprint density at radius 3 is 2.56 bits per heavy atom. The van der Waals surface area contributed by atoms with E-state index in [0.717, 1.165) is 18.8 Å². The maximum atomic E-state index is 12.4. The number of pyridine rings is 1. The number of morpholine rings is 1. The number of anilines is 2. The van der Waals surface area contributed by atoms with Gasteiger partial charge in [-0.15, -0.1) is 0 Å². The number of benzene rings is 1. The standard InChI is InChI=1S/C18H18F3N3O3/c19-18(20,21)12-27-17-15(2-1-7-22-17)16(25)23-13-3-5-14(6-4-13)24-8-10-26-11-9-24/h1-7H,8-12H2,(H,23,25). The summed E-state index contributed by atoms with van der Waals surface area (Å²) in [4.78, 5) is 18.3. The van der Waals surface area contributed by atoms with Gasteiger partial charge in [0.15, 0.2) is 6.61 Å². The van der Waals surface area contributed by atoms with E-state index in [1.807, 2.05) is 12.1 Å². The first-order valence-corrected chi connectivity index (χ1v) is 8.31. The van der Waals surface area contributed by atoms with Crippen molar-refractivity contribution >= 4 is 17.3 Å². The van der Waals surface area contributed by atoms with Crippen LogP contribution in [-0.2, 0) is 4.74 Å². The molecule has 0 atom stereocenters. The minimum atomic E-state index is -4.51. The van der Waals surface area contributed by atoms with E-state index in [4.69, 9.17) is 4.74 Å². The van der Waals surface area contributed by atoms with Crippen molar-refractivity contribution in [3.63, 3.8) is 0 Å². The maximum Gasteiger partial charge on any atom is 0.422 e. The molecule has 0 aliphatic carbocycles. The van der Waals surface area contributed by atoms with Crippen LogP contribution in [0.25, 0.3) is 0 Å². The summed E-state index contributed by atoms with van der Waals surface area (Å²) in [6, 6.07) is 10.0. The summed E-state index contributed by atoms with van der Waals surface area (Å²) in [5.74, 6) is -0.961. The van der Waals surface area contributed by atoms with Crippen LogP contribution < -0.4 is 15.0 Å². The van der Waals surface area contributed by atoms with Gasteiger partial charge >= 0.3 is 6.18 Å². The van der Waals surface area contributed by atoms with Crippen LogP contribution in [0.5, 0.6) is 5.88 Å². The molecule has 144 valence electrons. The number of alkyl halides is 3. The van der Waals surface area contributed by atoms with Crippen LogP contribution in [0.2, 0.25) is 0 Å². The lowest BCUT2D eigenvalue weighted by Gasteiger charge is -2.28. The van der Waals surface area contributed by atoms with Crippen molar-refractivity contribution in [3.8, 4) is 5.88 Å². The minimum Gasteiger partial charge on any atom is -0.467 e. The van der Waals surface area contributed by atoms with Crippen LogP contribution in [0.4, 0.5) is 24.5 Å². The van der Waals surface area contributed by atoms with Gasteiger partial charge in [0.2, 0.25) is 5.88 Å². The molecule has 1 aromatic carbocycles. The number of ether oxygens (including phenoxy) is 2. The Labute approximate surface area is 153 Å². The average molecular weight is 381 g/mol. The third-order valence-corrected chi connectivity index (χ3v) is 3.89. The Hall–Kier alpha value is -2.81.